The highest BCUT2D eigenvalue weighted by atomic mass is 127. The van der Waals surface area contributed by atoms with Crippen molar-refractivity contribution < 1.29 is 0 Å². The summed E-state index contributed by atoms with van der Waals surface area (Å²) in [6.45, 7) is 8.28. The van der Waals surface area contributed by atoms with Gasteiger partial charge in [0.2, 0.25) is 5.13 Å². The number of hydrogen-bond donors (Lipinski definition) is 1. The van der Waals surface area contributed by atoms with E-state index in [-0.39, 0.29) is 24.0 Å². The molecule has 1 saturated heterocycles. The number of piperazine rings is 1. The first-order valence-corrected chi connectivity index (χ1v) is 9.27. The number of guanidine groups is 1. The van der Waals surface area contributed by atoms with Crippen LogP contribution in [0.25, 0.3) is 0 Å². The number of hydrogen-bond acceptors (Lipinski definition) is 7. The second-order valence-electron chi connectivity index (χ2n) is 5.94. The molecule has 0 radical (unpaired) electrons. The van der Waals surface area contributed by atoms with Crippen molar-refractivity contribution in [2.24, 2.45) is 12.0 Å². The van der Waals surface area contributed by atoms with E-state index < -0.39 is 0 Å². The van der Waals surface area contributed by atoms with Crippen LogP contribution in [0.5, 0.6) is 0 Å². The summed E-state index contributed by atoms with van der Waals surface area (Å²) in [5.41, 5.74) is 0. The molecular weight excluding hydrogens is 465 g/mol. The van der Waals surface area contributed by atoms with Crippen LogP contribution >= 0.6 is 35.5 Å². The van der Waals surface area contributed by atoms with E-state index in [0.29, 0.717) is 6.54 Å². The average molecular weight is 491 g/mol. The molecule has 0 spiro atoms. The van der Waals surface area contributed by atoms with Gasteiger partial charge in [-0.25, -0.2) is 4.98 Å². The lowest BCUT2D eigenvalue weighted by Crippen LogP contribution is -2.52. The Morgan fingerprint density at radius 2 is 1.96 bits per heavy atom. The van der Waals surface area contributed by atoms with Gasteiger partial charge in [0.25, 0.3) is 0 Å². The lowest BCUT2D eigenvalue weighted by molar-refractivity contribution is 0.371. The van der Waals surface area contributed by atoms with Gasteiger partial charge in [0.15, 0.2) is 11.8 Å². The van der Waals surface area contributed by atoms with E-state index in [1.54, 1.807) is 0 Å². The molecule has 1 aliphatic rings. The van der Waals surface area contributed by atoms with Crippen molar-refractivity contribution in [2.75, 3.05) is 38.1 Å². The number of aryl methyl sites for hydroxylation is 2. The van der Waals surface area contributed by atoms with Gasteiger partial charge in [0, 0.05) is 58.2 Å². The second kappa shape index (κ2) is 9.44. The first kappa shape index (κ1) is 20.8. The lowest BCUT2D eigenvalue weighted by atomic mass is 10.3. The molecule has 0 aliphatic carbocycles. The first-order valence-electron chi connectivity index (χ1n) is 8.50. The van der Waals surface area contributed by atoms with Gasteiger partial charge in [-0.2, -0.15) is 4.37 Å². The molecule has 0 amide bonds. The molecule has 9 nitrogen and oxygen atoms in total. The van der Waals surface area contributed by atoms with Crippen molar-refractivity contribution in [2.45, 2.75) is 26.8 Å². The number of nitrogens with one attached hydrogen (secondary N) is 1. The molecule has 26 heavy (non-hydrogen) atoms. The van der Waals surface area contributed by atoms with E-state index in [1.165, 1.54) is 11.5 Å². The Morgan fingerprint density at radius 1 is 1.23 bits per heavy atom. The summed E-state index contributed by atoms with van der Waals surface area (Å²) in [5, 5.41) is 12.7. The zero-order chi connectivity index (χ0) is 17.8. The molecule has 0 bridgehead atoms. The molecule has 0 unspecified atom stereocenters. The number of aliphatic imine (C=N–C) groups is 1. The molecule has 0 aromatic carbocycles. The molecule has 1 aliphatic heterocycles. The largest absolute Gasteiger partial charge is 0.349 e. The molecule has 1 fully saturated rings. The topological polar surface area (TPSA) is 87.4 Å². The van der Waals surface area contributed by atoms with E-state index in [2.05, 4.69) is 46.6 Å². The maximum atomic E-state index is 4.58. The standard InChI is InChI=1S/C15H25N9S.HI/c1-5-12-18-15(25-21-12)24-8-6-23(7-9-24)14(16-3)17-10-13-20-19-11(2)22(13)4;/h5-10H2,1-4H3,(H,16,17);1H. The third-order valence-electron chi connectivity index (χ3n) is 4.42. The Bertz CT molecular complexity index is 733. The fraction of sp³-hybridized carbons (Fsp3) is 0.667. The molecule has 2 aromatic rings. The van der Waals surface area contributed by atoms with Crippen LogP contribution in [0.2, 0.25) is 0 Å². The van der Waals surface area contributed by atoms with E-state index in [1.807, 2.05) is 25.6 Å². The van der Waals surface area contributed by atoms with Crippen LogP contribution in [0.4, 0.5) is 5.13 Å². The molecule has 3 heterocycles. The van der Waals surface area contributed by atoms with Crippen LogP contribution in [0, 0.1) is 6.92 Å². The predicted octanol–water partition coefficient (Wildman–Crippen LogP) is 1.05. The molecule has 0 atom stereocenters. The Balaban J connectivity index is 0.00000243. The van der Waals surface area contributed by atoms with Gasteiger partial charge in [-0.05, 0) is 6.92 Å². The zero-order valence-electron chi connectivity index (χ0n) is 15.6. The van der Waals surface area contributed by atoms with Crippen molar-refractivity contribution in [1.82, 2.24) is 34.3 Å². The molecule has 144 valence electrons. The van der Waals surface area contributed by atoms with Gasteiger partial charge in [0.1, 0.15) is 11.6 Å². The van der Waals surface area contributed by atoms with Gasteiger partial charge < -0.3 is 19.7 Å². The predicted molar refractivity (Wildman–Crippen MR) is 114 cm³/mol. The number of anilines is 1. The normalized spacial score (nSPS) is 15.2. The Morgan fingerprint density at radius 3 is 2.50 bits per heavy atom. The highest BCUT2D eigenvalue weighted by Gasteiger charge is 2.22. The Hall–Kier alpha value is -1.50. The molecule has 2 aromatic heterocycles. The van der Waals surface area contributed by atoms with E-state index in [0.717, 1.165) is 61.2 Å². The van der Waals surface area contributed by atoms with E-state index >= 15 is 0 Å². The van der Waals surface area contributed by atoms with Crippen molar-refractivity contribution in [3.05, 3.63) is 17.5 Å². The minimum atomic E-state index is 0. The van der Waals surface area contributed by atoms with Crippen LogP contribution in [0.1, 0.15) is 24.4 Å². The molecule has 3 rings (SSSR count). The Kier molecular flexibility index (Phi) is 7.55. The van der Waals surface area contributed by atoms with Crippen LogP contribution in [0.15, 0.2) is 4.99 Å². The van der Waals surface area contributed by atoms with Gasteiger partial charge >= 0.3 is 0 Å². The SMILES string of the molecule is CCc1nsc(N2CCN(C(=NC)NCc3nnc(C)n3C)CC2)n1.I. The van der Waals surface area contributed by atoms with Crippen LogP contribution in [-0.2, 0) is 20.0 Å². The quantitative estimate of drug-likeness (QED) is 0.389. The maximum Gasteiger partial charge on any atom is 0.205 e. The summed E-state index contributed by atoms with van der Waals surface area (Å²) in [6.07, 6.45) is 0.883. The summed E-state index contributed by atoms with van der Waals surface area (Å²) in [7, 11) is 3.79. The number of nitrogens with zero attached hydrogens (tertiary/aromatic N) is 8. The van der Waals surface area contributed by atoms with Crippen molar-refractivity contribution in [3.63, 3.8) is 0 Å². The summed E-state index contributed by atoms with van der Waals surface area (Å²) >= 11 is 1.49. The number of aromatic nitrogens is 5. The van der Waals surface area contributed by atoms with Gasteiger partial charge in [-0.3, -0.25) is 4.99 Å². The van der Waals surface area contributed by atoms with E-state index in [9.17, 15) is 0 Å². The second-order valence-corrected chi connectivity index (χ2v) is 6.67. The molecular formula is C15H26IN9S. The summed E-state index contributed by atoms with van der Waals surface area (Å²) < 4.78 is 6.36. The summed E-state index contributed by atoms with van der Waals surface area (Å²) in [4.78, 5) is 13.6. The third kappa shape index (κ3) is 4.61. The highest BCUT2D eigenvalue weighted by Crippen LogP contribution is 2.19. The van der Waals surface area contributed by atoms with Gasteiger partial charge in [-0.15, -0.1) is 34.2 Å². The zero-order valence-corrected chi connectivity index (χ0v) is 18.8. The summed E-state index contributed by atoms with van der Waals surface area (Å²) in [5.74, 6) is 3.63. The van der Waals surface area contributed by atoms with Gasteiger partial charge in [0.05, 0.1) is 6.54 Å². The van der Waals surface area contributed by atoms with Crippen LogP contribution in [0.3, 0.4) is 0 Å². The lowest BCUT2D eigenvalue weighted by Gasteiger charge is -2.36. The number of rotatable bonds is 4. The molecule has 11 heteroatoms. The van der Waals surface area contributed by atoms with Crippen molar-refractivity contribution >= 4 is 46.6 Å². The molecule has 1 N–H and O–H groups in total. The van der Waals surface area contributed by atoms with Crippen molar-refractivity contribution in [3.8, 4) is 0 Å². The number of halogens is 1. The summed E-state index contributed by atoms with van der Waals surface area (Å²) in [6, 6.07) is 0. The highest BCUT2D eigenvalue weighted by molar-refractivity contribution is 14.0. The third-order valence-corrected chi connectivity index (χ3v) is 5.24. The van der Waals surface area contributed by atoms with Crippen LogP contribution in [-0.4, -0.2) is 68.2 Å². The fourth-order valence-corrected chi connectivity index (χ4v) is 3.52. The average Bonchev–Trinajstić information content (AvgIpc) is 3.24. The molecule has 0 saturated carbocycles. The smallest absolute Gasteiger partial charge is 0.205 e. The van der Waals surface area contributed by atoms with Crippen molar-refractivity contribution in [1.29, 1.82) is 0 Å². The van der Waals surface area contributed by atoms with Crippen LogP contribution < -0.4 is 10.2 Å². The minimum Gasteiger partial charge on any atom is -0.349 e. The minimum absolute atomic E-state index is 0. The fourth-order valence-electron chi connectivity index (χ4n) is 2.72. The first-order chi connectivity index (χ1) is 12.1. The maximum absolute atomic E-state index is 4.58. The van der Waals surface area contributed by atoms with E-state index in [4.69, 9.17) is 0 Å². The monoisotopic (exact) mass is 491 g/mol. The Labute approximate surface area is 175 Å². The van der Waals surface area contributed by atoms with Gasteiger partial charge in [-0.1, -0.05) is 6.92 Å².